The zero-order chi connectivity index (χ0) is 74.6. The molecule has 0 unspecified atom stereocenters. The van der Waals surface area contributed by atoms with Crippen LogP contribution in [0.1, 0.15) is 27.7 Å². The van der Waals surface area contributed by atoms with Crippen LogP contribution < -0.4 is 5.46 Å². The summed E-state index contributed by atoms with van der Waals surface area (Å²) < 4.78 is 13.5. The molecule has 6 aromatic heterocycles. The minimum Gasteiger partial charge on any atom is -0.399 e. The third-order valence-corrected chi connectivity index (χ3v) is 20.9. The molecule has 0 bridgehead atoms. The minimum atomic E-state index is -0.372. The first-order chi connectivity index (χ1) is 53.8. The number of pyridine rings is 4. The highest BCUT2D eigenvalue weighted by atomic mass is 79.9. The summed E-state index contributed by atoms with van der Waals surface area (Å²) in [4.78, 5) is 39.8. The van der Waals surface area contributed by atoms with Crippen LogP contribution in [0.25, 0.3) is 168 Å². The van der Waals surface area contributed by atoms with Crippen molar-refractivity contribution in [2.24, 2.45) is 0 Å². The van der Waals surface area contributed by atoms with Crippen LogP contribution >= 0.6 is 15.9 Å². The van der Waals surface area contributed by atoms with E-state index in [0.717, 1.165) is 172 Å². The van der Waals surface area contributed by atoms with Crippen LogP contribution in [0.3, 0.4) is 0 Å². The van der Waals surface area contributed by atoms with Crippen molar-refractivity contribution in [1.29, 1.82) is 0 Å². The van der Waals surface area contributed by atoms with Gasteiger partial charge >= 0.3 is 7.12 Å². The third-order valence-electron chi connectivity index (χ3n) is 20.4. The Morgan fingerprint density at radius 2 is 0.436 bits per heavy atom. The normalized spacial score (nSPS) is 12.8. The van der Waals surface area contributed by atoms with Crippen molar-refractivity contribution in [3.8, 4) is 124 Å². The van der Waals surface area contributed by atoms with E-state index >= 15 is 0 Å². The average molecular weight is 1480 g/mol. The molecule has 0 atom stereocenters. The van der Waals surface area contributed by atoms with Gasteiger partial charge < -0.3 is 9.31 Å². The molecule has 110 heavy (non-hydrogen) atoms. The lowest BCUT2D eigenvalue weighted by Crippen LogP contribution is -2.41. The first-order valence-corrected chi connectivity index (χ1v) is 37.6. The summed E-state index contributed by atoms with van der Waals surface area (Å²) >= 11 is 3.49. The van der Waals surface area contributed by atoms with E-state index in [0.29, 0.717) is 5.82 Å². The van der Waals surface area contributed by atoms with Gasteiger partial charge in [0.05, 0.1) is 78.8 Å². The summed E-state index contributed by atoms with van der Waals surface area (Å²) in [6.07, 6.45) is 0. The summed E-state index contributed by atoms with van der Waals surface area (Å²) in [6, 6.07) is 124. The molecule has 1 aliphatic rings. The van der Waals surface area contributed by atoms with Crippen molar-refractivity contribution in [1.82, 2.24) is 39.9 Å². The second-order valence-electron chi connectivity index (χ2n) is 28.2. The predicted molar refractivity (Wildman–Crippen MR) is 455 cm³/mol. The van der Waals surface area contributed by atoms with Crippen molar-refractivity contribution in [3.05, 3.63) is 368 Å². The summed E-state index contributed by atoms with van der Waals surface area (Å²) in [7, 11) is -0.372. The summed E-state index contributed by atoms with van der Waals surface area (Å²) in [5.74, 6) is 1.45. The van der Waals surface area contributed by atoms with E-state index in [1.54, 1.807) is 0 Å². The molecule has 0 aliphatic carbocycles. The lowest BCUT2D eigenvalue weighted by Gasteiger charge is -2.32. The maximum Gasteiger partial charge on any atom is 0.494 e. The highest BCUT2D eigenvalue weighted by Gasteiger charge is 2.51. The molecule has 0 radical (unpaired) electrons. The quantitative estimate of drug-likeness (QED) is 0.0863. The standard InChI is InChI=1S/C46H30N4.C30H27BN2O2.C22H15BrN2/c1-4-10-33(11-5-1)40-28-26-37-24-25-38-27-29-41(48-45(38)44(37)47-40)35-20-16-31(17-21-35)32-18-22-36(23-19-32)43-30-42(34-12-6-2-7-13-34)49-46(50-43)39-14-8-3-9-15-39;1-29(2)30(3,4)35-31(34-29)24-16-12-21(13-17-24)26-19-15-23-11-10-22-14-18-25(20-8-6-5-7-9-20)32-27(22)28(23)33-26;23-19-13-11-17(12-14-19)21-15-20(16-7-3-1-4-8-16)24-22(25-21)18-9-5-2-6-10-18/h1-30H;5-19H,1-4H3;1-15H. The zero-order valence-electron chi connectivity index (χ0n) is 61.0. The third kappa shape index (κ3) is 15.0. The molecule has 12 heteroatoms. The van der Waals surface area contributed by atoms with Gasteiger partial charge in [0.1, 0.15) is 0 Å². The number of aromatic nitrogens is 8. The van der Waals surface area contributed by atoms with E-state index in [9.17, 15) is 0 Å². The van der Waals surface area contributed by atoms with E-state index < -0.39 is 0 Å². The van der Waals surface area contributed by atoms with Crippen LogP contribution in [0.5, 0.6) is 0 Å². The molecule has 7 heterocycles. The predicted octanol–water partition coefficient (Wildman–Crippen LogP) is 24.2. The Morgan fingerprint density at radius 3 is 0.727 bits per heavy atom. The SMILES string of the molecule is Brc1ccc(-c2cc(-c3ccccc3)nc(-c3ccccc3)n2)cc1.CC1(C)OB(c2ccc(-c3ccc4ccc5ccc(-c6ccccc6)nc5c4n3)cc2)OC1(C)C.c1ccc(-c2cc(-c3ccc(-c4ccc(-c5ccc6ccc7ccc(-c8ccccc8)nc7c6n5)cc4)cc3)nc(-c3ccccc3)n2)cc1. The van der Waals surface area contributed by atoms with Crippen LogP contribution in [-0.2, 0) is 9.31 Å². The summed E-state index contributed by atoms with van der Waals surface area (Å²) in [6.45, 7) is 8.29. The fraction of sp³-hybridized carbons (Fsp3) is 0.0612. The molecule has 1 saturated heterocycles. The smallest absolute Gasteiger partial charge is 0.399 e. The van der Waals surface area contributed by atoms with E-state index in [2.05, 4.69) is 268 Å². The van der Waals surface area contributed by atoms with Gasteiger partial charge in [-0.3, -0.25) is 0 Å². The van der Waals surface area contributed by atoms with Crippen LogP contribution in [0.4, 0.5) is 0 Å². The van der Waals surface area contributed by atoms with Gasteiger partial charge in [-0.05, 0) is 92.8 Å². The highest BCUT2D eigenvalue weighted by Crippen LogP contribution is 2.39. The molecular formula is C98H72BBrN8O2. The Balaban J connectivity index is 0.000000128. The van der Waals surface area contributed by atoms with E-state index in [-0.39, 0.29) is 18.3 Å². The maximum absolute atomic E-state index is 6.20. The lowest BCUT2D eigenvalue weighted by atomic mass is 9.79. The second-order valence-corrected chi connectivity index (χ2v) is 29.1. The van der Waals surface area contributed by atoms with Crippen molar-refractivity contribution >= 4 is 72.1 Å². The molecule has 0 N–H and O–H groups in total. The van der Waals surface area contributed by atoms with Gasteiger partial charge in [0.15, 0.2) is 11.6 Å². The van der Waals surface area contributed by atoms with Gasteiger partial charge in [-0.1, -0.05) is 331 Å². The topological polar surface area (TPSA) is 122 Å². The van der Waals surface area contributed by atoms with Crippen molar-refractivity contribution in [2.75, 3.05) is 0 Å². The molecule has 12 aromatic carbocycles. The molecule has 0 amide bonds. The highest BCUT2D eigenvalue weighted by molar-refractivity contribution is 9.10. The Morgan fingerprint density at radius 1 is 0.218 bits per heavy atom. The molecule has 0 saturated carbocycles. The molecule has 1 fully saturated rings. The van der Waals surface area contributed by atoms with Crippen LogP contribution in [0, 0.1) is 0 Å². The van der Waals surface area contributed by atoms with Crippen molar-refractivity contribution < 1.29 is 9.31 Å². The lowest BCUT2D eigenvalue weighted by molar-refractivity contribution is 0.00578. The number of fused-ring (bicyclic) bond motifs is 6. The van der Waals surface area contributed by atoms with E-state index in [4.69, 9.17) is 49.2 Å². The van der Waals surface area contributed by atoms with Gasteiger partial charge in [0.2, 0.25) is 0 Å². The molecule has 18 aromatic rings. The number of rotatable bonds is 12. The molecule has 19 rings (SSSR count). The molecule has 526 valence electrons. The zero-order valence-corrected chi connectivity index (χ0v) is 62.6. The molecular weight excluding hydrogens is 1410 g/mol. The molecule has 0 spiro atoms. The van der Waals surface area contributed by atoms with Gasteiger partial charge in [-0.25, -0.2) is 39.9 Å². The first kappa shape index (κ1) is 69.9. The van der Waals surface area contributed by atoms with Crippen molar-refractivity contribution in [3.63, 3.8) is 0 Å². The van der Waals surface area contributed by atoms with E-state index in [1.807, 2.05) is 140 Å². The Labute approximate surface area is 648 Å². The monoisotopic (exact) mass is 1480 g/mol. The average Bonchev–Trinajstić information content (AvgIpc) is 1.57. The van der Waals surface area contributed by atoms with Crippen LogP contribution in [0.2, 0.25) is 0 Å². The summed E-state index contributed by atoms with van der Waals surface area (Å²) in [5, 5.41) is 4.31. The minimum absolute atomic E-state index is 0.358. The number of nitrogens with zero attached hydrogens (tertiary/aromatic N) is 8. The first-order valence-electron chi connectivity index (χ1n) is 36.8. The second kappa shape index (κ2) is 30.6. The largest absolute Gasteiger partial charge is 0.494 e. The fourth-order valence-corrected chi connectivity index (χ4v) is 13.9. The Bertz CT molecular complexity index is 6180. The number of hydrogen-bond acceptors (Lipinski definition) is 10. The molecule has 1 aliphatic heterocycles. The summed E-state index contributed by atoms with van der Waals surface area (Å²) in [5.41, 5.74) is 24.1. The maximum atomic E-state index is 6.20. The van der Waals surface area contributed by atoms with Crippen LogP contribution in [-0.4, -0.2) is 58.2 Å². The van der Waals surface area contributed by atoms with Gasteiger partial charge in [-0.15, -0.1) is 0 Å². The Hall–Kier alpha value is -13.1. The van der Waals surface area contributed by atoms with Gasteiger partial charge in [0.25, 0.3) is 0 Å². The van der Waals surface area contributed by atoms with E-state index in [1.165, 1.54) is 0 Å². The number of hydrogen-bond donors (Lipinski definition) is 0. The van der Waals surface area contributed by atoms with Gasteiger partial charge in [-0.2, -0.15) is 0 Å². The number of halogens is 1. The molecule has 10 nitrogen and oxygen atoms in total. The van der Waals surface area contributed by atoms with Crippen LogP contribution in [0.15, 0.2) is 368 Å². The number of benzene rings is 12. The van der Waals surface area contributed by atoms with Crippen molar-refractivity contribution in [2.45, 2.75) is 38.9 Å². The Kier molecular flexibility index (Phi) is 19.5. The fourth-order valence-electron chi connectivity index (χ4n) is 13.6. The van der Waals surface area contributed by atoms with Gasteiger partial charge in [0, 0.05) is 81.7 Å².